The molecule has 5 nitrogen and oxygen atoms in total. The van der Waals surface area contributed by atoms with E-state index < -0.39 is 17.1 Å². The number of phenolic OH excluding ortho intramolecular Hbond substituents is 1. The highest BCUT2D eigenvalue weighted by molar-refractivity contribution is 5.89. The standard InChI is InChI=1S/C17H21NO4/c1-3-16-13-9-4-5-10(19)14(13)22-15(16)11(20)6-7-17(16,21)12(8-9)18-2/h4-5,12,15,18-19,21H,3,6-8H2,1-2H3/t12?,15-,16-,17+/m0/s1. The molecule has 1 unspecified atom stereocenters. The molecule has 0 amide bonds. The van der Waals surface area contributed by atoms with E-state index in [-0.39, 0.29) is 17.6 Å². The summed E-state index contributed by atoms with van der Waals surface area (Å²) in [5.74, 6) is 0.469. The molecule has 0 spiro atoms. The van der Waals surface area contributed by atoms with Gasteiger partial charge in [-0.1, -0.05) is 13.0 Å². The summed E-state index contributed by atoms with van der Waals surface area (Å²) in [7, 11) is 1.85. The summed E-state index contributed by atoms with van der Waals surface area (Å²) in [6.07, 6.45) is 1.31. The van der Waals surface area contributed by atoms with Crippen molar-refractivity contribution in [3.05, 3.63) is 23.3 Å². The van der Waals surface area contributed by atoms with Crippen LogP contribution >= 0.6 is 0 Å². The van der Waals surface area contributed by atoms with Gasteiger partial charge in [0, 0.05) is 18.0 Å². The van der Waals surface area contributed by atoms with Crippen LogP contribution in [0.25, 0.3) is 0 Å². The van der Waals surface area contributed by atoms with Crippen molar-refractivity contribution in [1.82, 2.24) is 5.32 Å². The number of hydrogen-bond donors (Lipinski definition) is 3. The number of carbonyl (C=O) groups is 1. The van der Waals surface area contributed by atoms with Gasteiger partial charge in [-0.15, -0.1) is 0 Å². The minimum Gasteiger partial charge on any atom is -0.504 e. The SMILES string of the molecule is CC[C@]12c3c4ccc(O)c3O[C@H]1C(=O)CC[C@@]2(O)C(NC)C4. The number of rotatable bonds is 2. The van der Waals surface area contributed by atoms with E-state index in [9.17, 15) is 15.0 Å². The monoisotopic (exact) mass is 303 g/mol. The van der Waals surface area contributed by atoms with Crippen molar-refractivity contribution in [2.75, 3.05) is 7.05 Å². The van der Waals surface area contributed by atoms with Crippen LogP contribution in [-0.4, -0.2) is 40.8 Å². The number of phenols is 1. The summed E-state index contributed by atoms with van der Waals surface area (Å²) < 4.78 is 5.91. The van der Waals surface area contributed by atoms with Gasteiger partial charge >= 0.3 is 0 Å². The zero-order valence-electron chi connectivity index (χ0n) is 12.8. The number of aromatic hydroxyl groups is 1. The molecule has 4 atom stereocenters. The lowest BCUT2D eigenvalue weighted by atomic mass is 9.51. The second-order valence-corrected chi connectivity index (χ2v) is 6.71. The Labute approximate surface area is 129 Å². The van der Waals surface area contributed by atoms with Crippen molar-refractivity contribution >= 4 is 5.78 Å². The van der Waals surface area contributed by atoms with Crippen molar-refractivity contribution in [2.24, 2.45) is 0 Å². The molecule has 1 saturated carbocycles. The summed E-state index contributed by atoms with van der Waals surface area (Å²) >= 11 is 0. The average molecular weight is 303 g/mol. The Morgan fingerprint density at radius 3 is 2.91 bits per heavy atom. The third kappa shape index (κ3) is 1.30. The molecule has 1 aromatic carbocycles. The summed E-state index contributed by atoms with van der Waals surface area (Å²) in [5.41, 5.74) is 0.0941. The van der Waals surface area contributed by atoms with Crippen LogP contribution in [0, 0.1) is 0 Å². The van der Waals surface area contributed by atoms with Crippen molar-refractivity contribution in [3.8, 4) is 11.5 Å². The molecular formula is C17H21NO4. The highest BCUT2D eigenvalue weighted by Gasteiger charge is 2.69. The second kappa shape index (κ2) is 4.24. The van der Waals surface area contributed by atoms with Gasteiger partial charge < -0.3 is 20.3 Å². The van der Waals surface area contributed by atoms with Crippen LogP contribution in [0.5, 0.6) is 11.5 Å². The zero-order chi connectivity index (χ0) is 15.7. The van der Waals surface area contributed by atoms with Gasteiger partial charge in [-0.05, 0) is 37.9 Å². The van der Waals surface area contributed by atoms with Gasteiger partial charge in [0.25, 0.3) is 0 Å². The first kappa shape index (κ1) is 14.0. The van der Waals surface area contributed by atoms with Crippen LogP contribution in [0.3, 0.4) is 0 Å². The third-order valence-electron chi connectivity index (χ3n) is 6.08. The van der Waals surface area contributed by atoms with Gasteiger partial charge in [0.05, 0.1) is 11.0 Å². The summed E-state index contributed by atoms with van der Waals surface area (Å²) in [6, 6.07) is 3.38. The number of carbonyl (C=O) groups excluding carboxylic acids is 1. The Balaban J connectivity index is 2.07. The lowest BCUT2D eigenvalue weighted by Gasteiger charge is -2.56. The molecule has 0 radical (unpaired) electrons. The van der Waals surface area contributed by atoms with E-state index in [4.69, 9.17) is 4.74 Å². The molecule has 1 heterocycles. The largest absolute Gasteiger partial charge is 0.504 e. The van der Waals surface area contributed by atoms with E-state index in [0.717, 1.165) is 11.1 Å². The predicted octanol–water partition coefficient (Wildman–Crippen LogP) is 1.04. The maximum atomic E-state index is 12.5. The number of ether oxygens (including phenoxy) is 1. The fourth-order valence-corrected chi connectivity index (χ4v) is 5.08. The molecule has 3 aliphatic rings. The van der Waals surface area contributed by atoms with Gasteiger partial charge in [-0.3, -0.25) is 4.79 Å². The Morgan fingerprint density at radius 2 is 2.23 bits per heavy atom. The Hall–Kier alpha value is -1.59. The molecule has 1 aromatic rings. The number of Topliss-reactive ketones (excluding diaryl/α,β-unsaturated/α-hetero) is 1. The maximum Gasteiger partial charge on any atom is 0.174 e. The van der Waals surface area contributed by atoms with Crippen LogP contribution in [0.1, 0.15) is 37.3 Å². The van der Waals surface area contributed by atoms with Crippen LogP contribution in [0.4, 0.5) is 0 Å². The fourth-order valence-electron chi connectivity index (χ4n) is 5.08. The highest BCUT2D eigenvalue weighted by atomic mass is 16.5. The first-order chi connectivity index (χ1) is 10.5. The third-order valence-corrected chi connectivity index (χ3v) is 6.08. The quantitative estimate of drug-likeness (QED) is 0.761. The molecule has 0 bridgehead atoms. The summed E-state index contributed by atoms with van der Waals surface area (Å²) in [4.78, 5) is 12.5. The number of nitrogens with one attached hydrogen (secondary N) is 1. The average Bonchev–Trinajstić information content (AvgIpc) is 2.89. The molecule has 2 aliphatic carbocycles. The maximum absolute atomic E-state index is 12.5. The zero-order valence-corrected chi connectivity index (χ0v) is 12.8. The van der Waals surface area contributed by atoms with E-state index in [1.807, 2.05) is 20.0 Å². The Morgan fingerprint density at radius 1 is 1.45 bits per heavy atom. The number of aliphatic hydroxyl groups is 1. The van der Waals surface area contributed by atoms with E-state index in [1.54, 1.807) is 6.07 Å². The van der Waals surface area contributed by atoms with Crippen LogP contribution in [0.2, 0.25) is 0 Å². The van der Waals surface area contributed by atoms with Crippen LogP contribution < -0.4 is 10.1 Å². The number of ketones is 1. The molecule has 3 N–H and O–H groups in total. The van der Waals surface area contributed by atoms with Crippen molar-refractivity contribution < 1.29 is 19.7 Å². The smallest absolute Gasteiger partial charge is 0.174 e. The molecule has 0 aromatic heterocycles. The van der Waals surface area contributed by atoms with Crippen LogP contribution in [-0.2, 0) is 16.6 Å². The van der Waals surface area contributed by atoms with E-state index in [0.29, 0.717) is 31.4 Å². The van der Waals surface area contributed by atoms with Crippen LogP contribution in [0.15, 0.2) is 12.1 Å². The molecule has 5 heteroatoms. The van der Waals surface area contributed by atoms with Gasteiger partial charge in [-0.2, -0.15) is 0 Å². The lowest BCUT2D eigenvalue weighted by Crippen LogP contribution is -2.72. The highest BCUT2D eigenvalue weighted by Crippen LogP contribution is 2.62. The lowest BCUT2D eigenvalue weighted by molar-refractivity contribution is -0.158. The van der Waals surface area contributed by atoms with Gasteiger partial charge in [-0.25, -0.2) is 0 Å². The molecule has 0 saturated heterocycles. The fraction of sp³-hybridized carbons (Fsp3) is 0.588. The van der Waals surface area contributed by atoms with Gasteiger partial charge in [0.1, 0.15) is 0 Å². The van der Waals surface area contributed by atoms with Gasteiger partial charge in [0.2, 0.25) is 0 Å². The van der Waals surface area contributed by atoms with E-state index in [2.05, 4.69) is 5.32 Å². The normalized spacial score (nSPS) is 38.6. The minimum atomic E-state index is -1.04. The van der Waals surface area contributed by atoms with Crippen molar-refractivity contribution in [1.29, 1.82) is 0 Å². The summed E-state index contributed by atoms with van der Waals surface area (Å²) in [5, 5.41) is 25.0. The molecule has 1 fully saturated rings. The first-order valence-electron chi connectivity index (χ1n) is 7.94. The number of hydrogen-bond acceptors (Lipinski definition) is 5. The Kier molecular flexibility index (Phi) is 2.70. The molecule has 1 aliphatic heterocycles. The van der Waals surface area contributed by atoms with E-state index in [1.165, 1.54) is 0 Å². The second-order valence-electron chi connectivity index (χ2n) is 6.71. The van der Waals surface area contributed by atoms with E-state index >= 15 is 0 Å². The minimum absolute atomic E-state index is 0.0184. The van der Waals surface area contributed by atoms with Gasteiger partial charge in [0.15, 0.2) is 23.4 Å². The summed E-state index contributed by atoms with van der Waals surface area (Å²) in [6.45, 7) is 1.99. The van der Waals surface area contributed by atoms with Crippen molar-refractivity contribution in [2.45, 2.75) is 55.8 Å². The number of benzene rings is 1. The topological polar surface area (TPSA) is 78.8 Å². The van der Waals surface area contributed by atoms with Crippen molar-refractivity contribution in [3.63, 3.8) is 0 Å². The molecule has 118 valence electrons. The first-order valence-corrected chi connectivity index (χ1v) is 7.94. The molecular weight excluding hydrogens is 282 g/mol. The molecule has 22 heavy (non-hydrogen) atoms. The number of likely N-dealkylation sites (N-methyl/N-ethyl adjacent to an activating group) is 1. The molecule has 4 rings (SSSR count). The Bertz CT molecular complexity index is 673. The predicted molar refractivity (Wildman–Crippen MR) is 80.2 cm³/mol.